The summed E-state index contributed by atoms with van der Waals surface area (Å²) in [6.45, 7) is 1.23. The highest BCUT2D eigenvalue weighted by Gasteiger charge is 2.36. The quantitative estimate of drug-likeness (QED) is 0.647. The number of hydrogen-bond acceptors (Lipinski definition) is 4. The van der Waals surface area contributed by atoms with Crippen LogP contribution < -0.4 is 19.7 Å². The van der Waals surface area contributed by atoms with Gasteiger partial charge in [-0.25, -0.2) is 4.39 Å². The van der Waals surface area contributed by atoms with E-state index in [0.717, 1.165) is 11.1 Å². The second kappa shape index (κ2) is 8.94. The number of ether oxygens (including phenoxy) is 2. The highest BCUT2D eigenvalue weighted by molar-refractivity contribution is 6.00. The molecule has 3 aromatic rings. The van der Waals surface area contributed by atoms with Crippen molar-refractivity contribution in [3.8, 4) is 11.5 Å². The molecule has 2 atom stereocenters. The van der Waals surface area contributed by atoms with E-state index in [2.05, 4.69) is 5.32 Å². The Morgan fingerprint density at radius 3 is 2.39 bits per heavy atom. The topological polar surface area (TPSA) is 67.9 Å². The molecule has 2 aliphatic rings. The molecule has 1 N–H and O–H groups in total. The van der Waals surface area contributed by atoms with Gasteiger partial charge in [0.15, 0.2) is 11.5 Å². The summed E-state index contributed by atoms with van der Waals surface area (Å²) in [5.41, 5.74) is 2.33. The SMILES string of the molecule is O=C(NC(c1ccccc1)c1ccc(F)cc1)C1CC(=O)N(c2ccc3c(c2)OCCO3)C1. The third-order valence-electron chi connectivity index (χ3n) is 5.96. The van der Waals surface area contributed by atoms with Gasteiger partial charge < -0.3 is 19.7 Å². The molecule has 2 unspecified atom stereocenters. The highest BCUT2D eigenvalue weighted by Crippen LogP contribution is 2.36. The average molecular weight is 446 g/mol. The molecule has 6 nitrogen and oxygen atoms in total. The minimum absolute atomic E-state index is 0.116. The second-order valence-corrected chi connectivity index (χ2v) is 8.14. The minimum atomic E-state index is -0.502. The molecule has 0 aromatic heterocycles. The predicted octanol–water partition coefficient (Wildman–Crippen LogP) is 3.86. The first-order chi connectivity index (χ1) is 16.1. The number of anilines is 1. The Balaban J connectivity index is 1.34. The van der Waals surface area contributed by atoms with E-state index in [9.17, 15) is 14.0 Å². The third kappa shape index (κ3) is 4.39. The number of fused-ring (bicyclic) bond motifs is 1. The summed E-state index contributed by atoms with van der Waals surface area (Å²) >= 11 is 0. The fourth-order valence-electron chi connectivity index (χ4n) is 4.25. The van der Waals surface area contributed by atoms with E-state index in [0.29, 0.717) is 30.4 Å². The lowest BCUT2D eigenvalue weighted by molar-refractivity contribution is -0.126. The lowest BCUT2D eigenvalue weighted by Crippen LogP contribution is -2.36. The van der Waals surface area contributed by atoms with Crippen LogP contribution >= 0.6 is 0 Å². The molecule has 0 bridgehead atoms. The van der Waals surface area contributed by atoms with Crippen LogP contribution in [-0.4, -0.2) is 31.6 Å². The molecular weight excluding hydrogens is 423 g/mol. The molecule has 33 heavy (non-hydrogen) atoms. The first kappa shape index (κ1) is 21.0. The molecule has 3 aromatic carbocycles. The number of rotatable bonds is 5. The van der Waals surface area contributed by atoms with E-state index in [1.807, 2.05) is 30.3 Å². The summed E-state index contributed by atoms with van der Waals surface area (Å²) in [6.07, 6.45) is 0.116. The maximum atomic E-state index is 13.5. The number of nitrogens with one attached hydrogen (secondary N) is 1. The standard InChI is InChI=1S/C26H23FN2O4/c27-20-8-6-18(7-9-20)25(17-4-2-1-3-5-17)28-26(31)19-14-24(30)29(16-19)21-10-11-22-23(15-21)33-13-12-32-22/h1-11,15,19,25H,12-14,16H2,(H,28,31). The van der Waals surface area contributed by atoms with E-state index in [4.69, 9.17) is 9.47 Å². The van der Waals surface area contributed by atoms with Gasteiger partial charge in [0, 0.05) is 24.7 Å². The summed E-state index contributed by atoms with van der Waals surface area (Å²) in [5.74, 6) is 0.0630. The number of halogens is 1. The first-order valence-corrected chi connectivity index (χ1v) is 10.9. The molecule has 2 heterocycles. The molecule has 1 saturated heterocycles. The molecular formula is C26H23FN2O4. The van der Waals surface area contributed by atoms with Gasteiger partial charge in [-0.1, -0.05) is 42.5 Å². The van der Waals surface area contributed by atoms with Crippen molar-refractivity contribution in [2.24, 2.45) is 5.92 Å². The molecule has 0 aliphatic carbocycles. The molecule has 7 heteroatoms. The summed E-state index contributed by atoms with van der Waals surface area (Å²) in [5, 5.41) is 3.07. The number of amides is 2. The number of carbonyl (C=O) groups excluding carboxylic acids is 2. The maximum Gasteiger partial charge on any atom is 0.227 e. The largest absolute Gasteiger partial charge is 0.486 e. The molecule has 2 aliphatic heterocycles. The van der Waals surface area contributed by atoms with Gasteiger partial charge in [0.25, 0.3) is 0 Å². The smallest absolute Gasteiger partial charge is 0.227 e. The Morgan fingerprint density at radius 2 is 1.64 bits per heavy atom. The summed E-state index contributed by atoms with van der Waals surface area (Å²) in [6, 6.07) is 20.5. The zero-order chi connectivity index (χ0) is 22.8. The fourth-order valence-corrected chi connectivity index (χ4v) is 4.25. The molecule has 5 rings (SSSR count). The zero-order valence-electron chi connectivity index (χ0n) is 17.9. The van der Waals surface area contributed by atoms with Crippen molar-refractivity contribution >= 4 is 17.5 Å². The van der Waals surface area contributed by atoms with Crippen LogP contribution in [0.3, 0.4) is 0 Å². The van der Waals surface area contributed by atoms with E-state index < -0.39 is 12.0 Å². The minimum Gasteiger partial charge on any atom is -0.486 e. The van der Waals surface area contributed by atoms with E-state index in [1.165, 1.54) is 12.1 Å². The van der Waals surface area contributed by atoms with Gasteiger partial charge in [0.2, 0.25) is 11.8 Å². The first-order valence-electron chi connectivity index (χ1n) is 10.9. The Morgan fingerprint density at radius 1 is 0.939 bits per heavy atom. The number of benzene rings is 3. The highest BCUT2D eigenvalue weighted by atomic mass is 19.1. The van der Waals surface area contributed by atoms with Gasteiger partial charge in [-0.3, -0.25) is 9.59 Å². The summed E-state index contributed by atoms with van der Waals surface area (Å²) < 4.78 is 24.6. The number of carbonyl (C=O) groups is 2. The lowest BCUT2D eigenvalue weighted by atomic mass is 9.97. The van der Waals surface area contributed by atoms with Crippen LogP contribution in [-0.2, 0) is 9.59 Å². The van der Waals surface area contributed by atoms with E-state index >= 15 is 0 Å². The molecule has 0 saturated carbocycles. The second-order valence-electron chi connectivity index (χ2n) is 8.14. The van der Waals surface area contributed by atoms with Crippen LogP contribution in [0.15, 0.2) is 72.8 Å². The van der Waals surface area contributed by atoms with E-state index in [1.54, 1.807) is 35.2 Å². The Labute approximate surface area is 190 Å². The molecule has 0 spiro atoms. The van der Waals surface area contributed by atoms with E-state index in [-0.39, 0.29) is 30.6 Å². The maximum absolute atomic E-state index is 13.5. The summed E-state index contributed by atoms with van der Waals surface area (Å²) in [7, 11) is 0. The van der Waals surface area contributed by atoms with Crippen molar-refractivity contribution in [1.29, 1.82) is 0 Å². The average Bonchev–Trinajstić information content (AvgIpc) is 3.25. The van der Waals surface area contributed by atoms with Gasteiger partial charge in [0.05, 0.1) is 12.0 Å². The van der Waals surface area contributed by atoms with Gasteiger partial charge in [-0.15, -0.1) is 0 Å². The molecule has 0 radical (unpaired) electrons. The fraction of sp³-hybridized carbons (Fsp3) is 0.231. The Bertz CT molecular complexity index is 1170. The van der Waals surface area contributed by atoms with Crippen LogP contribution in [0.5, 0.6) is 11.5 Å². The number of nitrogens with zero attached hydrogens (tertiary/aromatic N) is 1. The Hall–Kier alpha value is -3.87. The van der Waals surface area contributed by atoms with Crippen LogP contribution in [0.1, 0.15) is 23.6 Å². The van der Waals surface area contributed by atoms with Crippen LogP contribution in [0, 0.1) is 11.7 Å². The van der Waals surface area contributed by atoms with Gasteiger partial charge >= 0.3 is 0 Å². The molecule has 2 amide bonds. The van der Waals surface area contributed by atoms with Crippen molar-refractivity contribution in [2.45, 2.75) is 12.5 Å². The van der Waals surface area contributed by atoms with Crippen molar-refractivity contribution < 1.29 is 23.5 Å². The van der Waals surface area contributed by atoms with Gasteiger partial charge in [-0.05, 0) is 35.4 Å². The molecule has 1 fully saturated rings. The van der Waals surface area contributed by atoms with Crippen LogP contribution in [0.4, 0.5) is 10.1 Å². The van der Waals surface area contributed by atoms with Gasteiger partial charge in [-0.2, -0.15) is 0 Å². The van der Waals surface area contributed by atoms with Crippen molar-refractivity contribution in [3.63, 3.8) is 0 Å². The van der Waals surface area contributed by atoms with Crippen LogP contribution in [0.2, 0.25) is 0 Å². The monoisotopic (exact) mass is 446 g/mol. The normalized spacial score (nSPS) is 18.2. The van der Waals surface area contributed by atoms with Gasteiger partial charge in [0.1, 0.15) is 19.0 Å². The predicted molar refractivity (Wildman–Crippen MR) is 121 cm³/mol. The van der Waals surface area contributed by atoms with Crippen molar-refractivity contribution in [1.82, 2.24) is 5.32 Å². The zero-order valence-corrected chi connectivity index (χ0v) is 17.9. The Kier molecular flexibility index (Phi) is 5.69. The summed E-state index contributed by atoms with van der Waals surface area (Å²) in [4.78, 5) is 27.6. The van der Waals surface area contributed by atoms with Crippen molar-refractivity contribution in [3.05, 3.63) is 89.7 Å². The molecule has 168 valence electrons. The number of hydrogen-bond donors (Lipinski definition) is 1. The third-order valence-corrected chi connectivity index (χ3v) is 5.96. The lowest BCUT2D eigenvalue weighted by Gasteiger charge is -2.23. The van der Waals surface area contributed by atoms with Crippen LogP contribution in [0.25, 0.3) is 0 Å². The van der Waals surface area contributed by atoms with Crippen molar-refractivity contribution in [2.75, 3.05) is 24.7 Å².